The Kier molecular flexibility index (Phi) is 3.65. The van der Waals surface area contributed by atoms with Crippen LogP contribution in [0.15, 0.2) is 0 Å². The van der Waals surface area contributed by atoms with E-state index in [1.54, 1.807) is 11.8 Å². The minimum Gasteiger partial charge on any atom is -0.481 e. The van der Waals surface area contributed by atoms with E-state index in [2.05, 4.69) is 5.32 Å². The predicted octanol–water partition coefficient (Wildman–Crippen LogP) is 0.965. The van der Waals surface area contributed by atoms with Gasteiger partial charge in [-0.3, -0.25) is 9.59 Å². The molecule has 0 aliphatic heterocycles. The number of amides is 1. The second kappa shape index (κ2) is 4.43. The lowest BCUT2D eigenvalue weighted by Crippen LogP contribution is -2.37. The molecular formula is C10H17NO3S. The summed E-state index contributed by atoms with van der Waals surface area (Å²) < 4.78 is 0.00324. The molecule has 1 amide bonds. The Morgan fingerprint density at radius 3 is 2.47 bits per heavy atom. The van der Waals surface area contributed by atoms with Gasteiger partial charge < -0.3 is 10.4 Å². The molecule has 0 aromatic rings. The maximum Gasteiger partial charge on any atom is 0.307 e. The van der Waals surface area contributed by atoms with Gasteiger partial charge in [-0.25, -0.2) is 0 Å². The third kappa shape index (κ3) is 3.41. The summed E-state index contributed by atoms with van der Waals surface area (Å²) in [5, 5.41) is 11.5. The Hall–Kier alpha value is -0.710. The summed E-state index contributed by atoms with van der Waals surface area (Å²) in [5.74, 6) is -1.74. The molecule has 1 fully saturated rings. The Morgan fingerprint density at radius 1 is 1.47 bits per heavy atom. The van der Waals surface area contributed by atoms with Gasteiger partial charge in [-0.1, -0.05) is 0 Å². The predicted molar refractivity (Wildman–Crippen MR) is 59.8 cm³/mol. The van der Waals surface area contributed by atoms with Gasteiger partial charge in [0.05, 0.1) is 11.8 Å². The molecule has 1 aliphatic carbocycles. The fraction of sp³-hybridized carbons (Fsp3) is 0.800. The highest BCUT2D eigenvalue weighted by Crippen LogP contribution is 2.38. The summed E-state index contributed by atoms with van der Waals surface area (Å²) in [7, 11) is 0. The van der Waals surface area contributed by atoms with Crippen molar-refractivity contribution in [2.75, 3.05) is 12.8 Å². The van der Waals surface area contributed by atoms with Crippen LogP contribution < -0.4 is 5.32 Å². The monoisotopic (exact) mass is 231 g/mol. The normalized spacial score (nSPS) is 24.7. The van der Waals surface area contributed by atoms with E-state index < -0.39 is 11.9 Å². The van der Waals surface area contributed by atoms with E-state index in [0.717, 1.165) is 0 Å². The third-order valence-electron chi connectivity index (χ3n) is 2.69. The van der Waals surface area contributed by atoms with E-state index in [4.69, 9.17) is 5.11 Å². The number of carbonyl (C=O) groups is 2. The summed E-state index contributed by atoms with van der Waals surface area (Å²) in [6.07, 6.45) is 2.48. The van der Waals surface area contributed by atoms with Crippen molar-refractivity contribution >= 4 is 23.6 Å². The lowest BCUT2D eigenvalue weighted by Gasteiger charge is -2.22. The zero-order valence-corrected chi connectivity index (χ0v) is 10.1. The number of carbonyl (C=O) groups excluding carboxylic acids is 1. The van der Waals surface area contributed by atoms with Crippen LogP contribution in [0.25, 0.3) is 0 Å². The number of aliphatic carboxylic acids is 1. The van der Waals surface area contributed by atoms with E-state index in [0.29, 0.717) is 13.0 Å². The van der Waals surface area contributed by atoms with Gasteiger partial charge in [0.1, 0.15) is 0 Å². The smallest absolute Gasteiger partial charge is 0.307 e. The number of nitrogens with one attached hydrogen (secondary N) is 1. The number of hydrogen-bond acceptors (Lipinski definition) is 3. The van der Waals surface area contributed by atoms with Gasteiger partial charge in [0.2, 0.25) is 5.91 Å². The van der Waals surface area contributed by atoms with Crippen LogP contribution in [0.4, 0.5) is 0 Å². The Morgan fingerprint density at radius 2 is 2.07 bits per heavy atom. The molecule has 2 N–H and O–H groups in total. The molecule has 0 aromatic heterocycles. The van der Waals surface area contributed by atoms with E-state index in [1.165, 1.54) is 0 Å². The Labute approximate surface area is 93.8 Å². The first-order valence-electron chi connectivity index (χ1n) is 4.93. The van der Waals surface area contributed by atoms with Gasteiger partial charge in [0.25, 0.3) is 0 Å². The van der Waals surface area contributed by atoms with Gasteiger partial charge in [-0.2, -0.15) is 11.8 Å². The zero-order valence-electron chi connectivity index (χ0n) is 9.24. The van der Waals surface area contributed by atoms with Crippen LogP contribution in [-0.2, 0) is 9.59 Å². The Balaban J connectivity index is 2.30. The van der Waals surface area contributed by atoms with Crippen molar-refractivity contribution in [1.82, 2.24) is 5.32 Å². The number of thioether (sulfide) groups is 1. The summed E-state index contributed by atoms with van der Waals surface area (Å²) >= 11 is 1.68. The molecule has 5 heteroatoms. The first kappa shape index (κ1) is 12.4. The highest BCUT2D eigenvalue weighted by Gasteiger charge is 2.48. The van der Waals surface area contributed by atoms with Crippen LogP contribution in [0.2, 0.25) is 0 Å². The van der Waals surface area contributed by atoms with Crippen molar-refractivity contribution in [3.8, 4) is 0 Å². The van der Waals surface area contributed by atoms with Gasteiger partial charge in [0, 0.05) is 11.3 Å². The van der Waals surface area contributed by atoms with Crippen LogP contribution in [-0.4, -0.2) is 34.5 Å². The topological polar surface area (TPSA) is 66.4 Å². The molecule has 1 saturated carbocycles. The number of hydrogen-bond donors (Lipinski definition) is 2. The molecule has 0 spiro atoms. The summed E-state index contributed by atoms with van der Waals surface area (Å²) in [6.45, 7) is 4.66. The van der Waals surface area contributed by atoms with Gasteiger partial charge in [-0.05, 0) is 26.5 Å². The lowest BCUT2D eigenvalue weighted by atomic mass is 10.2. The molecule has 2 unspecified atom stereocenters. The average Bonchev–Trinajstić information content (AvgIpc) is 2.94. The van der Waals surface area contributed by atoms with Crippen molar-refractivity contribution in [2.45, 2.75) is 25.0 Å². The number of rotatable bonds is 5. The molecule has 0 radical (unpaired) electrons. The number of carboxylic acids is 1. The summed E-state index contributed by atoms with van der Waals surface area (Å²) in [5.41, 5.74) is 0. The third-order valence-corrected chi connectivity index (χ3v) is 3.93. The fourth-order valence-electron chi connectivity index (χ4n) is 1.26. The van der Waals surface area contributed by atoms with Crippen molar-refractivity contribution in [1.29, 1.82) is 0 Å². The minimum absolute atomic E-state index is 0.00324. The van der Waals surface area contributed by atoms with E-state index in [9.17, 15) is 9.59 Å². The average molecular weight is 231 g/mol. The molecule has 86 valence electrons. The van der Waals surface area contributed by atoms with Crippen molar-refractivity contribution in [3.05, 3.63) is 0 Å². The van der Waals surface area contributed by atoms with E-state index in [-0.39, 0.29) is 16.6 Å². The maximum absolute atomic E-state index is 11.5. The Bertz CT molecular complexity index is 278. The molecule has 0 aromatic carbocycles. The van der Waals surface area contributed by atoms with Crippen LogP contribution >= 0.6 is 11.8 Å². The highest BCUT2D eigenvalue weighted by atomic mass is 32.2. The van der Waals surface area contributed by atoms with Gasteiger partial charge in [-0.15, -0.1) is 0 Å². The van der Waals surface area contributed by atoms with Crippen LogP contribution in [0.5, 0.6) is 0 Å². The number of carboxylic acid groups (broad SMARTS) is 1. The van der Waals surface area contributed by atoms with Crippen molar-refractivity contribution < 1.29 is 14.7 Å². The first-order chi connectivity index (χ1) is 6.87. The minimum atomic E-state index is -0.862. The van der Waals surface area contributed by atoms with Gasteiger partial charge in [0.15, 0.2) is 0 Å². The molecule has 0 saturated heterocycles. The quantitative estimate of drug-likeness (QED) is 0.739. The van der Waals surface area contributed by atoms with Gasteiger partial charge >= 0.3 is 5.97 Å². The first-order valence-corrected chi connectivity index (χ1v) is 6.15. The van der Waals surface area contributed by atoms with E-state index in [1.807, 2.05) is 20.1 Å². The zero-order chi connectivity index (χ0) is 11.6. The maximum atomic E-state index is 11.5. The second-order valence-electron chi connectivity index (χ2n) is 4.47. The lowest BCUT2D eigenvalue weighted by molar-refractivity contribution is -0.140. The second-order valence-corrected chi connectivity index (χ2v) is 5.98. The standard InChI is InChI=1S/C10H17NO3S/c1-10(2,15-3)5-11-8(12)6-4-7(6)9(13)14/h6-7H,4-5H2,1-3H3,(H,11,12)(H,13,14). The summed E-state index contributed by atoms with van der Waals surface area (Å²) in [4.78, 5) is 22.0. The largest absolute Gasteiger partial charge is 0.481 e. The van der Waals surface area contributed by atoms with Crippen LogP contribution in [0.1, 0.15) is 20.3 Å². The molecule has 0 heterocycles. The molecular weight excluding hydrogens is 214 g/mol. The molecule has 15 heavy (non-hydrogen) atoms. The fourth-order valence-corrected chi connectivity index (χ4v) is 1.48. The molecule has 4 nitrogen and oxygen atoms in total. The molecule has 2 atom stereocenters. The highest BCUT2D eigenvalue weighted by molar-refractivity contribution is 7.99. The molecule has 1 rings (SSSR count). The summed E-state index contributed by atoms with van der Waals surface area (Å²) in [6, 6.07) is 0. The van der Waals surface area contributed by atoms with E-state index >= 15 is 0 Å². The van der Waals surface area contributed by atoms with Crippen LogP contribution in [0, 0.1) is 11.8 Å². The SMILES string of the molecule is CSC(C)(C)CNC(=O)C1CC1C(=O)O. The van der Waals surface area contributed by atoms with Crippen molar-refractivity contribution in [2.24, 2.45) is 11.8 Å². The van der Waals surface area contributed by atoms with Crippen LogP contribution in [0.3, 0.4) is 0 Å². The molecule has 0 bridgehead atoms. The molecule has 1 aliphatic rings. The van der Waals surface area contributed by atoms with Crippen molar-refractivity contribution in [3.63, 3.8) is 0 Å².